The Labute approximate surface area is 95.2 Å². The van der Waals surface area contributed by atoms with Crippen LogP contribution in [0.2, 0.25) is 0 Å². The number of nitrogens with zero attached hydrogens (tertiary/aromatic N) is 1. The predicted molar refractivity (Wildman–Crippen MR) is 65.5 cm³/mol. The number of fused-ring (bicyclic) bond motifs is 1. The fraction of sp³-hybridized carbons (Fsp3) is 0.500. The van der Waals surface area contributed by atoms with Gasteiger partial charge in [0, 0.05) is 17.6 Å². The van der Waals surface area contributed by atoms with Gasteiger partial charge in [-0.2, -0.15) is 0 Å². The smallest absolute Gasteiger partial charge is 0.0233 e. The molecule has 0 fully saturated rings. The molecule has 1 nitrogen and oxygen atoms in total. The third-order valence-corrected chi connectivity index (χ3v) is 2.86. The molecule has 0 N–H and O–H groups in total. The number of benzene rings is 1. The molecule has 0 saturated heterocycles. The fourth-order valence-electron chi connectivity index (χ4n) is 1.66. The number of rotatable bonds is 0. The SMILES string of the molecule is CC.CN1CCc2cc(Br)ccc2C1. The maximum Gasteiger partial charge on any atom is 0.0233 e. The van der Waals surface area contributed by atoms with Crippen LogP contribution in [-0.4, -0.2) is 18.5 Å². The first-order chi connectivity index (χ1) is 6.75. The summed E-state index contributed by atoms with van der Waals surface area (Å²) in [7, 11) is 2.17. The fourth-order valence-corrected chi connectivity index (χ4v) is 2.07. The number of likely N-dealkylation sites (N-methyl/N-ethyl adjacent to an activating group) is 1. The van der Waals surface area contributed by atoms with Gasteiger partial charge >= 0.3 is 0 Å². The molecule has 1 aliphatic heterocycles. The zero-order chi connectivity index (χ0) is 10.6. The van der Waals surface area contributed by atoms with Gasteiger partial charge in [-0.3, -0.25) is 0 Å². The lowest BCUT2D eigenvalue weighted by atomic mass is 10.0. The van der Waals surface area contributed by atoms with Gasteiger partial charge in [0.2, 0.25) is 0 Å². The molecule has 1 aliphatic rings. The molecule has 1 aromatic rings. The first-order valence-electron chi connectivity index (χ1n) is 5.21. The van der Waals surface area contributed by atoms with E-state index in [1.807, 2.05) is 13.8 Å². The zero-order valence-electron chi connectivity index (χ0n) is 9.18. The van der Waals surface area contributed by atoms with Crippen LogP contribution in [0.1, 0.15) is 25.0 Å². The van der Waals surface area contributed by atoms with Crippen molar-refractivity contribution in [3.8, 4) is 0 Å². The van der Waals surface area contributed by atoms with Crippen LogP contribution in [0.5, 0.6) is 0 Å². The molecule has 0 bridgehead atoms. The Hall–Kier alpha value is -0.340. The minimum Gasteiger partial charge on any atom is -0.302 e. The Morgan fingerprint density at radius 3 is 2.64 bits per heavy atom. The highest BCUT2D eigenvalue weighted by molar-refractivity contribution is 9.10. The van der Waals surface area contributed by atoms with Crippen molar-refractivity contribution in [2.24, 2.45) is 0 Å². The van der Waals surface area contributed by atoms with Gasteiger partial charge in [0.05, 0.1) is 0 Å². The summed E-state index contributed by atoms with van der Waals surface area (Å²) >= 11 is 3.49. The zero-order valence-corrected chi connectivity index (χ0v) is 10.8. The summed E-state index contributed by atoms with van der Waals surface area (Å²) in [5.74, 6) is 0. The molecule has 1 aromatic carbocycles. The molecule has 0 saturated carbocycles. The lowest BCUT2D eigenvalue weighted by Crippen LogP contribution is -2.26. The van der Waals surface area contributed by atoms with Crippen LogP contribution in [0, 0.1) is 0 Å². The largest absolute Gasteiger partial charge is 0.302 e. The summed E-state index contributed by atoms with van der Waals surface area (Å²) < 4.78 is 1.20. The predicted octanol–water partition coefficient (Wildman–Crippen LogP) is 3.46. The van der Waals surface area contributed by atoms with E-state index in [-0.39, 0.29) is 0 Å². The van der Waals surface area contributed by atoms with Crippen LogP contribution < -0.4 is 0 Å². The van der Waals surface area contributed by atoms with Crippen molar-refractivity contribution in [1.82, 2.24) is 4.90 Å². The van der Waals surface area contributed by atoms with Crippen LogP contribution in [0.25, 0.3) is 0 Å². The van der Waals surface area contributed by atoms with E-state index in [9.17, 15) is 0 Å². The van der Waals surface area contributed by atoms with Crippen molar-refractivity contribution >= 4 is 15.9 Å². The molecular weight excluding hydrogens is 238 g/mol. The van der Waals surface area contributed by atoms with Crippen LogP contribution in [0.4, 0.5) is 0 Å². The Morgan fingerprint density at radius 1 is 1.21 bits per heavy atom. The van der Waals surface area contributed by atoms with E-state index < -0.39 is 0 Å². The van der Waals surface area contributed by atoms with E-state index in [1.165, 1.54) is 28.6 Å². The van der Waals surface area contributed by atoms with E-state index in [0.717, 1.165) is 6.54 Å². The molecular formula is C12H18BrN. The van der Waals surface area contributed by atoms with Crippen molar-refractivity contribution in [1.29, 1.82) is 0 Å². The van der Waals surface area contributed by atoms with Crippen molar-refractivity contribution in [3.05, 3.63) is 33.8 Å². The summed E-state index contributed by atoms with van der Waals surface area (Å²) in [4.78, 5) is 2.36. The van der Waals surface area contributed by atoms with Gasteiger partial charge in [-0.15, -0.1) is 0 Å². The number of hydrogen-bond donors (Lipinski definition) is 0. The lowest BCUT2D eigenvalue weighted by Gasteiger charge is -2.24. The normalized spacial score (nSPS) is 15.4. The van der Waals surface area contributed by atoms with Crippen LogP contribution in [-0.2, 0) is 13.0 Å². The molecule has 78 valence electrons. The first kappa shape index (κ1) is 11.7. The minimum absolute atomic E-state index is 1.10. The van der Waals surface area contributed by atoms with Crippen LogP contribution >= 0.6 is 15.9 Å². The van der Waals surface area contributed by atoms with Crippen LogP contribution in [0.3, 0.4) is 0 Å². The van der Waals surface area contributed by atoms with Crippen molar-refractivity contribution in [2.45, 2.75) is 26.8 Å². The van der Waals surface area contributed by atoms with Gasteiger partial charge in [0.15, 0.2) is 0 Å². The second-order valence-corrected chi connectivity index (χ2v) is 4.32. The molecule has 2 rings (SSSR count). The Balaban J connectivity index is 0.000000461. The second kappa shape index (κ2) is 5.52. The average Bonchev–Trinajstić information content (AvgIpc) is 2.21. The summed E-state index contributed by atoms with van der Waals surface area (Å²) in [5.41, 5.74) is 2.98. The monoisotopic (exact) mass is 255 g/mol. The summed E-state index contributed by atoms with van der Waals surface area (Å²) in [6, 6.07) is 6.58. The van der Waals surface area contributed by atoms with Crippen molar-refractivity contribution < 1.29 is 0 Å². The molecule has 14 heavy (non-hydrogen) atoms. The standard InChI is InChI=1S/C10H12BrN.C2H6/c1-12-5-4-8-6-10(11)3-2-9(8)7-12;1-2/h2-3,6H,4-5,7H2,1H3;1-2H3. The Bertz CT molecular complexity index is 296. The summed E-state index contributed by atoms with van der Waals surface area (Å²) in [6.45, 7) is 6.28. The quantitative estimate of drug-likeness (QED) is 0.687. The maximum atomic E-state index is 3.49. The number of halogens is 1. The Kier molecular flexibility index (Phi) is 4.63. The third kappa shape index (κ3) is 2.82. The second-order valence-electron chi connectivity index (χ2n) is 3.40. The van der Waals surface area contributed by atoms with E-state index in [2.05, 4.69) is 46.1 Å². The van der Waals surface area contributed by atoms with E-state index in [1.54, 1.807) is 0 Å². The first-order valence-corrected chi connectivity index (χ1v) is 6.01. The number of hydrogen-bond acceptors (Lipinski definition) is 1. The minimum atomic E-state index is 1.10. The highest BCUT2D eigenvalue weighted by Gasteiger charge is 2.12. The highest BCUT2D eigenvalue weighted by atomic mass is 79.9. The van der Waals surface area contributed by atoms with Gasteiger partial charge in [0.1, 0.15) is 0 Å². The molecule has 0 spiro atoms. The van der Waals surface area contributed by atoms with E-state index in [4.69, 9.17) is 0 Å². The van der Waals surface area contributed by atoms with Gasteiger partial charge in [0.25, 0.3) is 0 Å². The summed E-state index contributed by atoms with van der Waals surface area (Å²) in [5, 5.41) is 0. The summed E-state index contributed by atoms with van der Waals surface area (Å²) in [6.07, 6.45) is 1.19. The third-order valence-electron chi connectivity index (χ3n) is 2.37. The molecule has 0 aromatic heterocycles. The topological polar surface area (TPSA) is 3.24 Å². The van der Waals surface area contributed by atoms with Gasteiger partial charge in [-0.25, -0.2) is 0 Å². The average molecular weight is 256 g/mol. The molecule has 0 radical (unpaired) electrons. The molecule has 0 unspecified atom stereocenters. The van der Waals surface area contributed by atoms with E-state index in [0.29, 0.717) is 0 Å². The van der Waals surface area contributed by atoms with Gasteiger partial charge < -0.3 is 4.90 Å². The van der Waals surface area contributed by atoms with Crippen LogP contribution in [0.15, 0.2) is 22.7 Å². The molecule has 0 aliphatic carbocycles. The molecule has 0 atom stereocenters. The molecule has 1 heterocycles. The van der Waals surface area contributed by atoms with Gasteiger partial charge in [-0.05, 0) is 36.7 Å². The Morgan fingerprint density at radius 2 is 1.93 bits per heavy atom. The highest BCUT2D eigenvalue weighted by Crippen LogP contribution is 2.21. The van der Waals surface area contributed by atoms with Gasteiger partial charge in [-0.1, -0.05) is 35.8 Å². The molecule has 2 heteroatoms. The van der Waals surface area contributed by atoms with Crippen molar-refractivity contribution in [3.63, 3.8) is 0 Å². The van der Waals surface area contributed by atoms with Crippen molar-refractivity contribution in [2.75, 3.05) is 13.6 Å². The lowest BCUT2D eigenvalue weighted by molar-refractivity contribution is 0.313. The maximum absolute atomic E-state index is 3.49. The molecule has 0 amide bonds. The van der Waals surface area contributed by atoms with E-state index >= 15 is 0 Å².